The van der Waals surface area contributed by atoms with Crippen molar-refractivity contribution in [1.29, 1.82) is 0 Å². The highest BCUT2D eigenvalue weighted by molar-refractivity contribution is 7.15. The molecule has 0 spiro atoms. The summed E-state index contributed by atoms with van der Waals surface area (Å²) in [4.78, 5) is 0. The number of allylic oxidation sites excluding steroid dienone is 1. The van der Waals surface area contributed by atoms with Gasteiger partial charge in [-0.25, -0.2) is 0 Å². The van der Waals surface area contributed by atoms with E-state index in [-0.39, 0.29) is 0 Å². The predicted molar refractivity (Wildman–Crippen MR) is 94.2 cm³/mol. The van der Waals surface area contributed by atoms with Gasteiger partial charge in [0.2, 0.25) is 0 Å². The van der Waals surface area contributed by atoms with Gasteiger partial charge in [0, 0.05) is 0 Å². The van der Waals surface area contributed by atoms with E-state index in [0.29, 0.717) is 0 Å². The zero-order chi connectivity index (χ0) is 14.8. The summed E-state index contributed by atoms with van der Waals surface area (Å²) < 4.78 is 0. The van der Waals surface area contributed by atoms with E-state index in [1.807, 2.05) is 51.7 Å². The van der Waals surface area contributed by atoms with Crippen molar-refractivity contribution in [3.8, 4) is 0 Å². The summed E-state index contributed by atoms with van der Waals surface area (Å²) >= 11 is 0. The summed E-state index contributed by atoms with van der Waals surface area (Å²) in [5.74, 6) is 0. The molecule has 0 radical (unpaired) electrons. The molecule has 0 aliphatic heterocycles. The molecule has 0 saturated carbocycles. The fourth-order valence-corrected chi connectivity index (χ4v) is 1.03. The number of benzene rings is 1. The molecule has 0 nitrogen and oxygen atoms in total. The highest BCUT2D eigenvalue weighted by Gasteiger charge is 1.90. The normalized spacial score (nSPS) is 7.94. The van der Waals surface area contributed by atoms with Gasteiger partial charge in [-0.15, -0.1) is 9.24 Å². The van der Waals surface area contributed by atoms with Crippen molar-refractivity contribution in [3.63, 3.8) is 0 Å². The van der Waals surface area contributed by atoms with E-state index < -0.39 is 0 Å². The van der Waals surface area contributed by atoms with Gasteiger partial charge >= 0.3 is 0 Å². The largest absolute Gasteiger partial charge is 0.141 e. The number of hydrogen-bond donors (Lipinski definition) is 0. The second kappa shape index (κ2) is 21.4. The van der Waals surface area contributed by atoms with Crippen LogP contribution in [0.15, 0.2) is 36.9 Å². The predicted octanol–water partition coefficient (Wildman–Crippen LogP) is 6.30. The molecule has 1 heteroatoms. The highest BCUT2D eigenvalue weighted by atomic mass is 31.0. The third kappa shape index (κ3) is 13.2. The maximum Gasteiger partial charge on any atom is -0.0188 e. The second-order valence-corrected chi connectivity index (χ2v) is 3.04. The lowest BCUT2D eigenvalue weighted by molar-refractivity contribution is 1.09. The summed E-state index contributed by atoms with van der Waals surface area (Å²) in [6, 6.07) is 8.19. The van der Waals surface area contributed by atoms with Crippen LogP contribution in [0.25, 0.3) is 12.2 Å². The summed E-state index contributed by atoms with van der Waals surface area (Å²) in [6.45, 7) is 15.9. The van der Waals surface area contributed by atoms with E-state index in [1.165, 1.54) is 17.5 Å². The Morgan fingerprint density at radius 1 is 1.06 bits per heavy atom. The fourth-order valence-electron chi connectivity index (χ4n) is 1.03. The Morgan fingerprint density at radius 2 is 1.44 bits per heavy atom. The molecular weight excluding hydrogens is 235 g/mol. The van der Waals surface area contributed by atoms with Crippen molar-refractivity contribution in [1.82, 2.24) is 0 Å². The molecule has 0 saturated heterocycles. The summed E-state index contributed by atoms with van der Waals surface area (Å²) in [5.41, 5.74) is 2.41. The molecule has 0 aliphatic rings. The molecule has 1 aromatic carbocycles. The fraction of sp³-hybridized carbons (Fsp3) is 0.412. The monoisotopic (exact) mass is 266 g/mol. The molecule has 1 rings (SSSR count). The zero-order valence-electron chi connectivity index (χ0n) is 13.0. The van der Waals surface area contributed by atoms with Crippen LogP contribution in [0.2, 0.25) is 0 Å². The SMILES string of the molecule is C=Cc1ccccc1/C=C\C.CC.CCC.CP. The standard InChI is InChI=1S/C11H12.C3H8.C2H6.CH5P/c1-3-7-11-9-6-5-8-10(11)4-2;1-3-2;2*1-2/h3-9H,2H2,1H3;3H2,1-2H3;1-2H3;2H2,1H3/b7-3-;;;. The lowest BCUT2D eigenvalue weighted by atomic mass is 10.1. The molecule has 0 amide bonds. The summed E-state index contributed by atoms with van der Waals surface area (Å²) in [7, 11) is 2.42. The topological polar surface area (TPSA) is 0 Å². The minimum atomic E-state index is 1.19. The lowest BCUT2D eigenvalue weighted by Crippen LogP contribution is -1.76. The van der Waals surface area contributed by atoms with Crippen LogP contribution in [0.1, 0.15) is 52.2 Å². The summed E-state index contributed by atoms with van der Waals surface area (Å²) in [5, 5.41) is 0. The average molecular weight is 266 g/mol. The Labute approximate surface area is 117 Å². The highest BCUT2D eigenvalue weighted by Crippen LogP contribution is 2.11. The average Bonchev–Trinajstić information content (AvgIpc) is 2.45. The van der Waals surface area contributed by atoms with Gasteiger partial charge in [-0.3, -0.25) is 0 Å². The molecular formula is C17H31P. The maximum atomic E-state index is 3.74. The van der Waals surface area contributed by atoms with Crippen molar-refractivity contribution in [2.45, 2.75) is 41.0 Å². The van der Waals surface area contributed by atoms with Crippen LogP contribution in [-0.4, -0.2) is 6.66 Å². The van der Waals surface area contributed by atoms with Gasteiger partial charge in [0.1, 0.15) is 0 Å². The van der Waals surface area contributed by atoms with E-state index in [0.717, 1.165) is 0 Å². The number of rotatable bonds is 2. The van der Waals surface area contributed by atoms with E-state index in [9.17, 15) is 0 Å². The third-order valence-corrected chi connectivity index (χ3v) is 1.56. The molecule has 0 aromatic heterocycles. The molecule has 1 unspecified atom stereocenters. The smallest absolute Gasteiger partial charge is 0.0188 e. The van der Waals surface area contributed by atoms with Gasteiger partial charge in [0.05, 0.1) is 0 Å². The van der Waals surface area contributed by atoms with Crippen LogP contribution >= 0.6 is 9.24 Å². The van der Waals surface area contributed by atoms with Crippen LogP contribution in [0.4, 0.5) is 0 Å². The Balaban J connectivity index is -0.000000274. The maximum absolute atomic E-state index is 3.74. The first-order chi connectivity index (χ1) is 8.79. The molecule has 1 atom stereocenters. The van der Waals surface area contributed by atoms with Crippen molar-refractivity contribution < 1.29 is 0 Å². The van der Waals surface area contributed by atoms with Crippen LogP contribution in [0.3, 0.4) is 0 Å². The van der Waals surface area contributed by atoms with E-state index in [4.69, 9.17) is 0 Å². The van der Waals surface area contributed by atoms with Crippen LogP contribution in [0, 0.1) is 0 Å². The van der Waals surface area contributed by atoms with Crippen LogP contribution in [-0.2, 0) is 0 Å². The Bertz CT molecular complexity index is 287. The Morgan fingerprint density at radius 3 is 1.78 bits per heavy atom. The minimum Gasteiger partial charge on any atom is -0.141 e. The second-order valence-electron chi connectivity index (χ2n) is 3.04. The first-order valence-corrected chi connectivity index (χ1v) is 7.87. The van der Waals surface area contributed by atoms with E-state index >= 15 is 0 Å². The van der Waals surface area contributed by atoms with Gasteiger partial charge in [0.25, 0.3) is 0 Å². The molecule has 0 heterocycles. The van der Waals surface area contributed by atoms with E-state index in [2.05, 4.69) is 47.9 Å². The van der Waals surface area contributed by atoms with Gasteiger partial charge in [-0.05, 0) is 18.1 Å². The summed E-state index contributed by atoms with van der Waals surface area (Å²) in [6.07, 6.45) is 7.23. The van der Waals surface area contributed by atoms with Crippen molar-refractivity contribution >= 4 is 21.4 Å². The molecule has 0 bridgehead atoms. The molecule has 0 N–H and O–H groups in total. The third-order valence-electron chi connectivity index (χ3n) is 1.56. The molecule has 0 aliphatic carbocycles. The van der Waals surface area contributed by atoms with E-state index in [1.54, 1.807) is 0 Å². The number of hydrogen-bond acceptors (Lipinski definition) is 0. The first kappa shape index (κ1) is 22.3. The molecule has 0 fully saturated rings. The minimum absolute atomic E-state index is 1.19. The van der Waals surface area contributed by atoms with Crippen molar-refractivity contribution in [2.75, 3.05) is 6.66 Å². The Kier molecular flexibility index (Phi) is 26.6. The zero-order valence-corrected chi connectivity index (χ0v) is 14.2. The quantitative estimate of drug-likeness (QED) is 0.551. The Hall–Kier alpha value is -0.870. The van der Waals surface area contributed by atoms with Crippen LogP contribution in [0.5, 0.6) is 0 Å². The van der Waals surface area contributed by atoms with Gasteiger partial charge in [0.15, 0.2) is 0 Å². The van der Waals surface area contributed by atoms with Crippen molar-refractivity contribution in [3.05, 3.63) is 48.0 Å². The molecule has 1 aromatic rings. The molecule has 104 valence electrons. The first-order valence-electron chi connectivity index (χ1n) is 6.72. The molecule has 18 heavy (non-hydrogen) atoms. The van der Waals surface area contributed by atoms with Gasteiger partial charge in [-0.2, -0.15) is 0 Å². The lowest BCUT2D eigenvalue weighted by Gasteiger charge is -1.97. The van der Waals surface area contributed by atoms with Crippen LogP contribution < -0.4 is 0 Å². The van der Waals surface area contributed by atoms with Gasteiger partial charge < -0.3 is 0 Å². The van der Waals surface area contributed by atoms with Crippen molar-refractivity contribution in [2.24, 2.45) is 0 Å². The van der Waals surface area contributed by atoms with Gasteiger partial charge in [-0.1, -0.05) is 89.9 Å².